The number of hydrogen-bond acceptors (Lipinski definition) is 3. The van der Waals surface area contributed by atoms with Crippen LogP contribution < -0.4 is 5.32 Å². The highest BCUT2D eigenvalue weighted by Gasteiger charge is 2.14. The Kier molecular flexibility index (Phi) is 5.08. The predicted molar refractivity (Wildman–Crippen MR) is 92.6 cm³/mol. The van der Waals surface area contributed by atoms with Crippen LogP contribution in [0.4, 0.5) is 0 Å². The maximum atomic E-state index is 12.5. The van der Waals surface area contributed by atoms with E-state index < -0.39 is 0 Å². The molecule has 3 aromatic rings. The van der Waals surface area contributed by atoms with Crippen molar-refractivity contribution in [3.63, 3.8) is 0 Å². The van der Waals surface area contributed by atoms with Gasteiger partial charge in [-0.2, -0.15) is 0 Å². The molecule has 1 aromatic heterocycles. The van der Waals surface area contributed by atoms with Crippen molar-refractivity contribution in [2.24, 2.45) is 0 Å². The van der Waals surface area contributed by atoms with Crippen LogP contribution in [0.3, 0.4) is 0 Å². The lowest BCUT2D eigenvalue weighted by atomic mass is 10.0. The number of rotatable bonds is 6. The fourth-order valence-corrected chi connectivity index (χ4v) is 2.60. The Hall–Kier alpha value is -2.85. The molecule has 2 aromatic carbocycles. The van der Waals surface area contributed by atoms with Crippen LogP contribution in [0.5, 0.6) is 0 Å². The predicted octanol–water partition coefficient (Wildman–Crippen LogP) is 3.28. The molecule has 24 heavy (non-hydrogen) atoms. The Labute approximate surface area is 140 Å². The van der Waals surface area contributed by atoms with Gasteiger partial charge >= 0.3 is 0 Å². The van der Waals surface area contributed by atoms with Gasteiger partial charge in [0.15, 0.2) is 0 Å². The van der Waals surface area contributed by atoms with E-state index in [2.05, 4.69) is 5.32 Å². The lowest BCUT2D eigenvalue weighted by Crippen LogP contribution is -2.39. The maximum absolute atomic E-state index is 12.5. The lowest BCUT2D eigenvalue weighted by Gasteiger charge is -2.16. The number of furan rings is 1. The third-order valence-corrected chi connectivity index (χ3v) is 3.86. The average molecular weight is 321 g/mol. The zero-order valence-electron chi connectivity index (χ0n) is 13.2. The van der Waals surface area contributed by atoms with Gasteiger partial charge in [0.1, 0.15) is 0 Å². The van der Waals surface area contributed by atoms with Crippen molar-refractivity contribution in [1.82, 2.24) is 5.32 Å². The van der Waals surface area contributed by atoms with E-state index in [1.807, 2.05) is 54.6 Å². The number of nitrogens with one attached hydrogen (secondary N) is 1. The highest BCUT2D eigenvalue weighted by atomic mass is 16.3. The summed E-state index contributed by atoms with van der Waals surface area (Å²) in [5, 5.41) is 12.5. The second-order valence-corrected chi connectivity index (χ2v) is 5.64. The molecule has 0 aliphatic carbocycles. The number of amides is 1. The van der Waals surface area contributed by atoms with Crippen molar-refractivity contribution in [3.8, 4) is 11.1 Å². The molecule has 1 heterocycles. The summed E-state index contributed by atoms with van der Waals surface area (Å²) in [5.74, 6) is -0.199. The Morgan fingerprint density at radius 1 is 1.04 bits per heavy atom. The minimum atomic E-state index is -0.322. The second kappa shape index (κ2) is 7.62. The number of carbonyl (C=O) groups excluding carboxylic acids is 1. The Balaban J connectivity index is 1.70. The summed E-state index contributed by atoms with van der Waals surface area (Å²) in [4.78, 5) is 12.5. The first-order valence-electron chi connectivity index (χ1n) is 7.84. The van der Waals surface area contributed by atoms with Gasteiger partial charge in [-0.1, -0.05) is 42.5 Å². The summed E-state index contributed by atoms with van der Waals surface area (Å²) in [6.45, 7) is -0.109. The summed E-state index contributed by atoms with van der Waals surface area (Å²) < 4.78 is 5.08. The van der Waals surface area contributed by atoms with Crippen molar-refractivity contribution in [2.45, 2.75) is 12.5 Å². The Morgan fingerprint density at radius 3 is 2.58 bits per heavy atom. The minimum absolute atomic E-state index is 0.109. The minimum Gasteiger partial charge on any atom is -0.472 e. The lowest BCUT2D eigenvalue weighted by molar-refractivity contribution is 0.0916. The van der Waals surface area contributed by atoms with Gasteiger partial charge in [0.25, 0.3) is 5.91 Å². The van der Waals surface area contributed by atoms with Gasteiger partial charge in [-0.25, -0.2) is 0 Å². The first-order valence-corrected chi connectivity index (χ1v) is 7.84. The molecule has 0 saturated carbocycles. The number of benzene rings is 2. The quantitative estimate of drug-likeness (QED) is 0.732. The van der Waals surface area contributed by atoms with Crippen molar-refractivity contribution in [2.75, 3.05) is 6.61 Å². The third kappa shape index (κ3) is 3.91. The first-order chi connectivity index (χ1) is 11.8. The Bertz CT molecular complexity index is 782. The van der Waals surface area contributed by atoms with Crippen LogP contribution >= 0.6 is 0 Å². The van der Waals surface area contributed by atoms with E-state index in [4.69, 9.17) is 4.42 Å². The van der Waals surface area contributed by atoms with Gasteiger partial charge in [-0.15, -0.1) is 0 Å². The molecule has 1 unspecified atom stereocenters. The molecular formula is C20H19NO3. The van der Waals surface area contributed by atoms with E-state index in [-0.39, 0.29) is 18.6 Å². The number of hydrogen-bond donors (Lipinski definition) is 2. The standard InChI is InChI=1S/C20H19NO3/c22-13-19(11-15-5-2-1-3-6-15)21-20(23)17-8-4-7-16(12-17)18-9-10-24-14-18/h1-10,12,14,19,22H,11,13H2,(H,21,23). The van der Waals surface area contributed by atoms with Gasteiger partial charge in [0.05, 0.1) is 25.2 Å². The van der Waals surface area contributed by atoms with E-state index >= 15 is 0 Å². The second-order valence-electron chi connectivity index (χ2n) is 5.64. The van der Waals surface area contributed by atoms with Crippen LogP contribution in [0.25, 0.3) is 11.1 Å². The van der Waals surface area contributed by atoms with Gasteiger partial charge in [-0.05, 0) is 35.7 Å². The van der Waals surface area contributed by atoms with Crippen LogP contribution in [-0.2, 0) is 6.42 Å². The van der Waals surface area contributed by atoms with Crippen molar-refractivity contribution >= 4 is 5.91 Å². The fourth-order valence-electron chi connectivity index (χ4n) is 2.60. The molecule has 1 amide bonds. The van der Waals surface area contributed by atoms with Crippen molar-refractivity contribution in [3.05, 3.63) is 84.3 Å². The van der Waals surface area contributed by atoms with E-state index in [9.17, 15) is 9.90 Å². The van der Waals surface area contributed by atoms with Crippen molar-refractivity contribution < 1.29 is 14.3 Å². The summed E-state index contributed by atoms with van der Waals surface area (Å²) in [5.41, 5.74) is 3.47. The molecule has 2 N–H and O–H groups in total. The molecule has 0 aliphatic heterocycles. The largest absolute Gasteiger partial charge is 0.472 e. The molecule has 0 bridgehead atoms. The molecule has 0 fully saturated rings. The first kappa shape index (κ1) is 16.0. The smallest absolute Gasteiger partial charge is 0.251 e. The molecule has 4 heteroatoms. The van der Waals surface area contributed by atoms with E-state index in [0.717, 1.165) is 16.7 Å². The molecule has 1 atom stereocenters. The molecule has 0 saturated heterocycles. The molecule has 122 valence electrons. The normalized spacial score (nSPS) is 11.9. The molecular weight excluding hydrogens is 302 g/mol. The highest BCUT2D eigenvalue weighted by Crippen LogP contribution is 2.20. The van der Waals surface area contributed by atoms with Gasteiger partial charge in [-0.3, -0.25) is 4.79 Å². The van der Waals surface area contributed by atoms with Gasteiger partial charge in [0, 0.05) is 11.1 Å². The molecule has 0 radical (unpaired) electrons. The average Bonchev–Trinajstić information content (AvgIpc) is 3.17. The monoisotopic (exact) mass is 321 g/mol. The zero-order chi connectivity index (χ0) is 16.8. The number of aliphatic hydroxyl groups is 1. The molecule has 4 nitrogen and oxygen atoms in total. The van der Waals surface area contributed by atoms with Crippen LogP contribution in [0.15, 0.2) is 77.6 Å². The summed E-state index contributed by atoms with van der Waals surface area (Å²) in [6, 6.07) is 18.7. The zero-order valence-corrected chi connectivity index (χ0v) is 13.2. The van der Waals surface area contributed by atoms with Crippen LogP contribution in [-0.4, -0.2) is 23.7 Å². The topological polar surface area (TPSA) is 62.5 Å². The van der Waals surface area contributed by atoms with E-state index in [0.29, 0.717) is 12.0 Å². The molecule has 3 rings (SSSR count). The summed E-state index contributed by atoms with van der Waals surface area (Å²) >= 11 is 0. The summed E-state index contributed by atoms with van der Waals surface area (Å²) in [6.07, 6.45) is 3.83. The van der Waals surface area contributed by atoms with E-state index in [1.165, 1.54) is 0 Å². The van der Waals surface area contributed by atoms with Crippen molar-refractivity contribution in [1.29, 1.82) is 0 Å². The SMILES string of the molecule is O=C(NC(CO)Cc1ccccc1)c1cccc(-c2ccoc2)c1. The van der Waals surface area contributed by atoms with E-state index in [1.54, 1.807) is 18.6 Å². The third-order valence-electron chi connectivity index (χ3n) is 3.86. The summed E-state index contributed by atoms with van der Waals surface area (Å²) in [7, 11) is 0. The number of aliphatic hydroxyl groups excluding tert-OH is 1. The molecule has 0 spiro atoms. The van der Waals surface area contributed by atoms with Crippen LogP contribution in [0, 0.1) is 0 Å². The van der Waals surface area contributed by atoms with Gasteiger partial charge in [0.2, 0.25) is 0 Å². The molecule has 0 aliphatic rings. The van der Waals surface area contributed by atoms with Gasteiger partial charge < -0.3 is 14.8 Å². The highest BCUT2D eigenvalue weighted by molar-refractivity contribution is 5.95. The number of carbonyl (C=O) groups is 1. The van der Waals surface area contributed by atoms with Crippen LogP contribution in [0.1, 0.15) is 15.9 Å². The fraction of sp³-hybridized carbons (Fsp3) is 0.150. The maximum Gasteiger partial charge on any atom is 0.251 e. The van der Waals surface area contributed by atoms with Crippen LogP contribution in [0.2, 0.25) is 0 Å². The Morgan fingerprint density at radius 2 is 1.88 bits per heavy atom.